The van der Waals surface area contributed by atoms with Crippen LogP contribution in [0.15, 0.2) is 30.3 Å². The van der Waals surface area contributed by atoms with Crippen LogP contribution in [0.5, 0.6) is 0 Å². The average molecular weight is 400 g/mol. The lowest BCUT2D eigenvalue weighted by Gasteiger charge is -2.31. The summed E-state index contributed by atoms with van der Waals surface area (Å²) in [5.41, 5.74) is 0.701. The molecule has 1 aromatic carbocycles. The molecule has 2 amide bonds. The van der Waals surface area contributed by atoms with Crippen LogP contribution < -0.4 is 10.6 Å². The van der Waals surface area contributed by atoms with Crippen LogP contribution >= 0.6 is 0 Å². The lowest BCUT2D eigenvalue weighted by Crippen LogP contribution is -2.46. The minimum absolute atomic E-state index is 0.0160. The molecule has 0 radical (unpaired) electrons. The number of likely N-dealkylation sites (tertiary alicyclic amines) is 1. The van der Waals surface area contributed by atoms with Crippen LogP contribution in [0.4, 0.5) is 0 Å². The van der Waals surface area contributed by atoms with Crippen molar-refractivity contribution >= 4 is 11.8 Å². The first-order chi connectivity index (χ1) is 14.2. The van der Waals surface area contributed by atoms with Gasteiger partial charge in [0.15, 0.2) is 0 Å². The van der Waals surface area contributed by atoms with E-state index in [9.17, 15) is 9.59 Å². The van der Waals surface area contributed by atoms with E-state index in [1.807, 2.05) is 30.3 Å². The van der Waals surface area contributed by atoms with Crippen LogP contribution in [0.1, 0.15) is 55.3 Å². The Kier molecular flexibility index (Phi) is 6.82. The SMILES string of the molecule is O=C(C[C@H]1CC[C@@H](CNC(=O)c2ccccc2)N1CC1CC1)NC1CCOCC1. The minimum Gasteiger partial charge on any atom is -0.381 e. The summed E-state index contributed by atoms with van der Waals surface area (Å²) in [6.07, 6.45) is 7.04. The molecule has 0 bridgehead atoms. The molecule has 2 aliphatic heterocycles. The summed E-state index contributed by atoms with van der Waals surface area (Å²) in [6, 6.07) is 10.2. The topological polar surface area (TPSA) is 70.7 Å². The van der Waals surface area contributed by atoms with Crippen molar-refractivity contribution in [2.75, 3.05) is 26.3 Å². The fourth-order valence-electron chi connectivity index (χ4n) is 4.59. The zero-order valence-corrected chi connectivity index (χ0v) is 17.1. The highest BCUT2D eigenvalue weighted by molar-refractivity contribution is 5.94. The van der Waals surface area contributed by atoms with Crippen LogP contribution in [0.25, 0.3) is 0 Å². The number of nitrogens with zero attached hydrogens (tertiary/aromatic N) is 1. The van der Waals surface area contributed by atoms with E-state index in [0.29, 0.717) is 24.6 Å². The quantitative estimate of drug-likeness (QED) is 0.704. The van der Waals surface area contributed by atoms with Gasteiger partial charge in [-0.2, -0.15) is 0 Å². The third-order valence-electron chi connectivity index (χ3n) is 6.48. The zero-order chi connectivity index (χ0) is 20.1. The molecule has 2 N–H and O–H groups in total. The Morgan fingerprint density at radius 3 is 2.41 bits per heavy atom. The number of rotatable bonds is 8. The van der Waals surface area contributed by atoms with Crippen molar-refractivity contribution in [2.24, 2.45) is 5.92 Å². The summed E-state index contributed by atoms with van der Waals surface area (Å²) >= 11 is 0. The molecule has 6 nitrogen and oxygen atoms in total. The van der Waals surface area contributed by atoms with Gasteiger partial charge in [-0.05, 0) is 56.6 Å². The predicted octanol–water partition coefficient (Wildman–Crippen LogP) is 2.34. The molecule has 158 valence electrons. The number of hydrogen-bond acceptors (Lipinski definition) is 4. The monoisotopic (exact) mass is 399 g/mol. The summed E-state index contributed by atoms with van der Waals surface area (Å²) in [6.45, 7) is 3.19. The number of benzene rings is 1. The van der Waals surface area contributed by atoms with Crippen LogP contribution in [-0.4, -0.2) is 61.1 Å². The molecule has 1 aromatic rings. The van der Waals surface area contributed by atoms with E-state index in [1.165, 1.54) is 12.8 Å². The van der Waals surface area contributed by atoms with Gasteiger partial charge in [-0.1, -0.05) is 18.2 Å². The third-order valence-corrected chi connectivity index (χ3v) is 6.48. The smallest absolute Gasteiger partial charge is 0.251 e. The number of ether oxygens (including phenoxy) is 1. The molecule has 3 fully saturated rings. The molecule has 29 heavy (non-hydrogen) atoms. The van der Waals surface area contributed by atoms with Crippen LogP contribution in [0, 0.1) is 5.92 Å². The van der Waals surface area contributed by atoms with E-state index in [0.717, 1.165) is 51.4 Å². The lowest BCUT2D eigenvalue weighted by atomic mass is 10.1. The number of amides is 2. The molecule has 2 saturated heterocycles. The molecule has 0 aromatic heterocycles. The molecule has 1 saturated carbocycles. The van der Waals surface area contributed by atoms with E-state index >= 15 is 0 Å². The number of carbonyl (C=O) groups excluding carboxylic acids is 2. The lowest BCUT2D eigenvalue weighted by molar-refractivity contribution is -0.123. The Bertz CT molecular complexity index is 686. The molecule has 0 spiro atoms. The first-order valence-electron chi connectivity index (χ1n) is 11.1. The van der Waals surface area contributed by atoms with Gasteiger partial charge >= 0.3 is 0 Å². The summed E-state index contributed by atoms with van der Waals surface area (Å²) in [5.74, 6) is 0.913. The molecule has 2 atom stereocenters. The highest BCUT2D eigenvalue weighted by Crippen LogP contribution is 2.35. The van der Waals surface area contributed by atoms with Gasteiger partial charge in [0.2, 0.25) is 5.91 Å². The number of hydrogen-bond donors (Lipinski definition) is 2. The van der Waals surface area contributed by atoms with Crippen LogP contribution in [0.2, 0.25) is 0 Å². The summed E-state index contributed by atoms with van der Waals surface area (Å²) in [5, 5.41) is 6.32. The second kappa shape index (κ2) is 9.72. The van der Waals surface area contributed by atoms with Crippen molar-refractivity contribution < 1.29 is 14.3 Å². The van der Waals surface area contributed by atoms with E-state index < -0.39 is 0 Å². The predicted molar refractivity (Wildman–Crippen MR) is 112 cm³/mol. The Labute approximate surface area is 173 Å². The van der Waals surface area contributed by atoms with E-state index in [2.05, 4.69) is 15.5 Å². The van der Waals surface area contributed by atoms with Gasteiger partial charge in [0.05, 0.1) is 0 Å². The second-order valence-electron chi connectivity index (χ2n) is 8.76. The highest BCUT2D eigenvalue weighted by atomic mass is 16.5. The van der Waals surface area contributed by atoms with E-state index in [4.69, 9.17) is 4.74 Å². The Morgan fingerprint density at radius 2 is 1.69 bits per heavy atom. The second-order valence-corrected chi connectivity index (χ2v) is 8.76. The zero-order valence-electron chi connectivity index (χ0n) is 17.1. The highest BCUT2D eigenvalue weighted by Gasteiger charge is 2.38. The van der Waals surface area contributed by atoms with E-state index in [1.54, 1.807) is 0 Å². The largest absolute Gasteiger partial charge is 0.381 e. The van der Waals surface area contributed by atoms with Crippen LogP contribution in [-0.2, 0) is 9.53 Å². The average Bonchev–Trinajstić information content (AvgIpc) is 3.49. The first kappa shape index (κ1) is 20.4. The molecule has 2 heterocycles. The van der Waals surface area contributed by atoms with Crippen LogP contribution in [0.3, 0.4) is 0 Å². The Balaban J connectivity index is 1.30. The molecule has 4 rings (SSSR count). The number of carbonyl (C=O) groups is 2. The third kappa shape index (κ3) is 5.80. The van der Waals surface area contributed by atoms with Crippen molar-refractivity contribution in [1.29, 1.82) is 0 Å². The van der Waals surface area contributed by atoms with Gasteiger partial charge in [0, 0.05) is 56.4 Å². The fraction of sp³-hybridized carbons (Fsp3) is 0.652. The van der Waals surface area contributed by atoms with Gasteiger partial charge in [-0.3, -0.25) is 14.5 Å². The van der Waals surface area contributed by atoms with Gasteiger partial charge in [-0.15, -0.1) is 0 Å². The summed E-state index contributed by atoms with van der Waals surface area (Å²) < 4.78 is 5.38. The maximum absolute atomic E-state index is 12.6. The van der Waals surface area contributed by atoms with Gasteiger partial charge in [0.1, 0.15) is 0 Å². The fourth-order valence-corrected chi connectivity index (χ4v) is 4.59. The normalized spacial score (nSPS) is 25.7. The summed E-state index contributed by atoms with van der Waals surface area (Å²) in [4.78, 5) is 27.5. The van der Waals surface area contributed by atoms with Crippen molar-refractivity contribution in [3.05, 3.63) is 35.9 Å². The molecule has 1 aliphatic carbocycles. The Hall–Kier alpha value is -1.92. The first-order valence-corrected chi connectivity index (χ1v) is 11.1. The molecule has 3 aliphatic rings. The van der Waals surface area contributed by atoms with Crippen molar-refractivity contribution in [3.63, 3.8) is 0 Å². The van der Waals surface area contributed by atoms with E-state index in [-0.39, 0.29) is 23.9 Å². The minimum atomic E-state index is -0.0160. The standard InChI is InChI=1S/C23H33N3O3/c27-22(25-19-10-12-29-13-11-19)14-20-8-9-21(26(20)16-17-6-7-17)15-24-23(28)18-4-2-1-3-5-18/h1-5,17,19-21H,6-16H2,(H,24,28)(H,25,27)/t20-,21+/m1/s1. The number of nitrogens with one attached hydrogen (secondary N) is 2. The summed E-state index contributed by atoms with van der Waals surface area (Å²) in [7, 11) is 0. The molecular formula is C23H33N3O3. The van der Waals surface area contributed by atoms with Crippen molar-refractivity contribution in [2.45, 2.75) is 63.1 Å². The van der Waals surface area contributed by atoms with Crippen molar-refractivity contribution in [1.82, 2.24) is 15.5 Å². The molecule has 6 heteroatoms. The van der Waals surface area contributed by atoms with Gasteiger partial charge in [-0.25, -0.2) is 0 Å². The molecule has 0 unspecified atom stereocenters. The van der Waals surface area contributed by atoms with Crippen molar-refractivity contribution in [3.8, 4) is 0 Å². The van der Waals surface area contributed by atoms with Gasteiger partial charge < -0.3 is 15.4 Å². The molecular weight excluding hydrogens is 366 g/mol. The Morgan fingerprint density at radius 1 is 0.966 bits per heavy atom. The maximum Gasteiger partial charge on any atom is 0.251 e. The maximum atomic E-state index is 12.6. The van der Waals surface area contributed by atoms with Gasteiger partial charge in [0.25, 0.3) is 5.91 Å².